The molecule has 102 valence electrons. The first kappa shape index (κ1) is 14.2. The van der Waals surface area contributed by atoms with Crippen LogP contribution in [-0.4, -0.2) is 0 Å². The highest BCUT2D eigenvalue weighted by molar-refractivity contribution is 6.22. The smallest absolute Gasteiger partial charge is 0.126 e. The highest BCUT2D eigenvalue weighted by Gasteiger charge is 2.19. The van der Waals surface area contributed by atoms with Crippen LogP contribution in [0.5, 0.6) is 0 Å². The zero-order chi connectivity index (χ0) is 14.0. The van der Waals surface area contributed by atoms with Crippen molar-refractivity contribution >= 4 is 11.6 Å². The van der Waals surface area contributed by atoms with E-state index in [1.807, 2.05) is 19.1 Å². The molecule has 1 unspecified atom stereocenters. The highest BCUT2D eigenvalue weighted by Crippen LogP contribution is 2.32. The number of halogens is 1. The summed E-state index contributed by atoms with van der Waals surface area (Å²) in [5.74, 6) is 1.70. The van der Waals surface area contributed by atoms with Gasteiger partial charge in [0, 0.05) is 0 Å². The van der Waals surface area contributed by atoms with Crippen LogP contribution in [0.3, 0.4) is 0 Å². The van der Waals surface area contributed by atoms with Gasteiger partial charge in [-0.3, -0.25) is 0 Å². The Hall–Kier alpha value is -1.21. The molecule has 0 saturated carbocycles. The number of aryl methyl sites for hydroxylation is 1. The van der Waals surface area contributed by atoms with Gasteiger partial charge in [-0.15, -0.1) is 11.6 Å². The molecule has 1 nitrogen and oxygen atoms in total. The van der Waals surface area contributed by atoms with Gasteiger partial charge in [0.05, 0.1) is 0 Å². The molecular weight excluding hydrogens is 256 g/mol. The van der Waals surface area contributed by atoms with E-state index in [0.29, 0.717) is 0 Å². The van der Waals surface area contributed by atoms with Crippen LogP contribution in [0.2, 0.25) is 0 Å². The molecule has 0 aliphatic rings. The summed E-state index contributed by atoms with van der Waals surface area (Å²) in [5.41, 5.74) is 2.63. The SMILES string of the molecule is CCC(C)(C)c1ccc(C(Cl)c2ccc(C)o2)cc1. The maximum absolute atomic E-state index is 6.45. The second-order valence-corrected chi connectivity index (χ2v) is 6.11. The molecule has 1 aromatic carbocycles. The zero-order valence-electron chi connectivity index (χ0n) is 12.0. The topological polar surface area (TPSA) is 13.1 Å². The second-order valence-electron chi connectivity index (χ2n) is 5.67. The maximum Gasteiger partial charge on any atom is 0.126 e. The minimum absolute atomic E-state index is 0.210. The van der Waals surface area contributed by atoms with Crippen LogP contribution < -0.4 is 0 Å². The largest absolute Gasteiger partial charge is 0.464 e. The number of hydrogen-bond donors (Lipinski definition) is 0. The summed E-state index contributed by atoms with van der Waals surface area (Å²) in [6.45, 7) is 8.66. The van der Waals surface area contributed by atoms with E-state index in [9.17, 15) is 0 Å². The van der Waals surface area contributed by atoms with Crippen molar-refractivity contribution in [2.45, 2.75) is 44.9 Å². The molecule has 0 saturated heterocycles. The van der Waals surface area contributed by atoms with E-state index >= 15 is 0 Å². The third kappa shape index (κ3) is 3.03. The Labute approximate surface area is 120 Å². The molecule has 0 N–H and O–H groups in total. The van der Waals surface area contributed by atoms with Crippen molar-refractivity contribution in [2.75, 3.05) is 0 Å². The summed E-state index contributed by atoms with van der Waals surface area (Å²) in [6, 6.07) is 12.4. The average molecular weight is 277 g/mol. The van der Waals surface area contributed by atoms with E-state index in [1.165, 1.54) is 5.56 Å². The molecule has 0 aliphatic heterocycles. The van der Waals surface area contributed by atoms with Crippen molar-refractivity contribution in [3.63, 3.8) is 0 Å². The van der Waals surface area contributed by atoms with Gasteiger partial charge in [-0.1, -0.05) is 45.0 Å². The summed E-state index contributed by atoms with van der Waals surface area (Å²) in [7, 11) is 0. The van der Waals surface area contributed by atoms with Crippen LogP contribution in [0.15, 0.2) is 40.8 Å². The van der Waals surface area contributed by atoms with Gasteiger partial charge >= 0.3 is 0 Å². The first-order valence-electron chi connectivity index (χ1n) is 6.75. The molecular formula is C17H21ClO. The lowest BCUT2D eigenvalue weighted by Crippen LogP contribution is -2.15. The Morgan fingerprint density at radius 2 is 1.74 bits per heavy atom. The molecule has 0 spiro atoms. The van der Waals surface area contributed by atoms with Crippen molar-refractivity contribution in [2.24, 2.45) is 0 Å². The number of furan rings is 1. The van der Waals surface area contributed by atoms with Gasteiger partial charge in [-0.2, -0.15) is 0 Å². The molecule has 0 aliphatic carbocycles. The minimum atomic E-state index is -0.215. The fraction of sp³-hybridized carbons (Fsp3) is 0.412. The third-order valence-electron chi connectivity index (χ3n) is 3.88. The van der Waals surface area contributed by atoms with E-state index in [2.05, 4.69) is 45.0 Å². The molecule has 2 rings (SSSR count). The molecule has 1 heterocycles. The zero-order valence-corrected chi connectivity index (χ0v) is 12.8. The Morgan fingerprint density at radius 1 is 1.11 bits per heavy atom. The van der Waals surface area contributed by atoms with Gasteiger partial charge in [0.25, 0.3) is 0 Å². The van der Waals surface area contributed by atoms with Gasteiger partial charge in [-0.05, 0) is 42.0 Å². The summed E-state index contributed by atoms with van der Waals surface area (Å²) < 4.78 is 5.59. The van der Waals surface area contributed by atoms with Crippen molar-refractivity contribution in [1.29, 1.82) is 0 Å². The lowest BCUT2D eigenvalue weighted by atomic mass is 9.82. The van der Waals surface area contributed by atoms with Gasteiger partial charge in [0.1, 0.15) is 16.9 Å². The van der Waals surface area contributed by atoms with Gasteiger partial charge in [0.15, 0.2) is 0 Å². The van der Waals surface area contributed by atoms with E-state index in [1.54, 1.807) is 0 Å². The molecule has 1 atom stereocenters. The molecule has 0 radical (unpaired) electrons. The highest BCUT2D eigenvalue weighted by atomic mass is 35.5. The Balaban J connectivity index is 2.23. The fourth-order valence-electron chi connectivity index (χ4n) is 2.06. The number of rotatable bonds is 4. The molecule has 0 fully saturated rings. The predicted octanol–water partition coefficient (Wildman–Crippen LogP) is 5.60. The molecule has 2 heteroatoms. The monoisotopic (exact) mass is 276 g/mol. The Kier molecular flexibility index (Phi) is 4.05. The van der Waals surface area contributed by atoms with Crippen LogP contribution in [0.4, 0.5) is 0 Å². The van der Waals surface area contributed by atoms with Crippen LogP contribution in [-0.2, 0) is 5.41 Å². The van der Waals surface area contributed by atoms with Crippen molar-refractivity contribution in [3.05, 3.63) is 59.0 Å². The summed E-state index contributed by atoms with van der Waals surface area (Å²) in [4.78, 5) is 0. The second kappa shape index (κ2) is 5.42. The van der Waals surface area contributed by atoms with Crippen molar-refractivity contribution in [1.82, 2.24) is 0 Å². The lowest BCUT2D eigenvalue weighted by Gasteiger charge is -2.23. The summed E-state index contributed by atoms with van der Waals surface area (Å²) in [5, 5.41) is -0.215. The van der Waals surface area contributed by atoms with Crippen molar-refractivity contribution < 1.29 is 4.42 Å². The summed E-state index contributed by atoms with van der Waals surface area (Å²) >= 11 is 6.45. The van der Waals surface area contributed by atoms with Gasteiger partial charge in [-0.25, -0.2) is 0 Å². The normalized spacial score (nSPS) is 13.5. The molecule has 0 bridgehead atoms. The quantitative estimate of drug-likeness (QED) is 0.662. The third-order valence-corrected chi connectivity index (χ3v) is 4.35. The number of benzene rings is 1. The van der Waals surface area contributed by atoms with Crippen LogP contribution in [0.25, 0.3) is 0 Å². The van der Waals surface area contributed by atoms with E-state index in [4.69, 9.17) is 16.0 Å². The Morgan fingerprint density at radius 3 is 2.21 bits per heavy atom. The predicted molar refractivity (Wildman–Crippen MR) is 80.9 cm³/mol. The van der Waals surface area contributed by atoms with E-state index in [-0.39, 0.29) is 10.8 Å². The number of hydrogen-bond acceptors (Lipinski definition) is 1. The minimum Gasteiger partial charge on any atom is -0.464 e. The van der Waals surface area contributed by atoms with Crippen molar-refractivity contribution in [3.8, 4) is 0 Å². The van der Waals surface area contributed by atoms with Gasteiger partial charge < -0.3 is 4.42 Å². The van der Waals surface area contributed by atoms with Crippen LogP contribution in [0, 0.1) is 6.92 Å². The standard InChI is InChI=1S/C17H21ClO/c1-5-17(3,4)14-9-7-13(8-10-14)16(18)15-11-6-12(2)19-15/h6-11,16H,5H2,1-4H3. The molecule has 1 aromatic heterocycles. The molecule has 19 heavy (non-hydrogen) atoms. The first-order valence-corrected chi connectivity index (χ1v) is 7.18. The van der Waals surface area contributed by atoms with E-state index in [0.717, 1.165) is 23.5 Å². The molecule has 0 amide bonds. The molecule has 2 aromatic rings. The average Bonchev–Trinajstić information content (AvgIpc) is 2.85. The first-order chi connectivity index (χ1) is 8.94. The Bertz CT molecular complexity index is 537. The maximum atomic E-state index is 6.45. The summed E-state index contributed by atoms with van der Waals surface area (Å²) in [6.07, 6.45) is 1.12. The van der Waals surface area contributed by atoms with Crippen LogP contribution >= 0.6 is 11.6 Å². The van der Waals surface area contributed by atoms with E-state index < -0.39 is 0 Å². The number of alkyl halides is 1. The van der Waals surface area contributed by atoms with Crippen LogP contribution in [0.1, 0.15) is 55.2 Å². The lowest BCUT2D eigenvalue weighted by molar-refractivity contribution is 0.488. The van der Waals surface area contributed by atoms with Gasteiger partial charge in [0.2, 0.25) is 0 Å². The fourth-order valence-corrected chi connectivity index (χ4v) is 2.32.